The average Bonchev–Trinajstić information content (AvgIpc) is 3.12. The SMILES string of the molecule is COc1ccccc1Cn1c([C@H](C)c2ccc(CC(C)C)cc2)nc2ccccc21. The van der Waals surface area contributed by atoms with Gasteiger partial charge < -0.3 is 9.30 Å². The highest BCUT2D eigenvalue weighted by molar-refractivity contribution is 5.76. The van der Waals surface area contributed by atoms with Crippen molar-refractivity contribution in [2.45, 2.75) is 39.7 Å². The van der Waals surface area contributed by atoms with E-state index in [0.29, 0.717) is 5.92 Å². The molecular weight excluding hydrogens is 368 g/mol. The maximum Gasteiger partial charge on any atom is 0.123 e. The molecule has 0 radical (unpaired) electrons. The molecule has 30 heavy (non-hydrogen) atoms. The van der Waals surface area contributed by atoms with E-state index in [9.17, 15) is 0 Å². The van der Waals surface area contributed by atoms with Crippen molar-refractivity contribution in [2.75, 3.05) is 7.11 Å². The summed E-state index contributed by atoms with van der Waals surface area (Å²) in [7, 11) is 1.73. The number of ether oxygens (including phenoxy) is 1. The summed E-state index contributed by atoms with van der Waals surface area (Å²) in [5.41, 5.74) is 6.03. The number of fused-ring (bicyclic) bond motifs is 1. The van der Waals surface area contributed by atoms with Crippen LogP contribution >= 0.6 is 0 Å². The summed E-state index contributed by atoms with van der Waals surface area (Å²) in [5.74, 6) is 2.85. The number of aromatic nitrogens is 2. The van der Waals surface area contributed by atoms with E-state index >= 15 is 0 Å². The topological polar surface area (TPSA) is 27.1 Å². The van der Waals surface area contributed by atoms with Crippen LogP contribution in [0.3, 0.4) is 0 Å². The number of methoxy groups -OCH3 is 1. The van der Waals surface area contributed by atoms with Gasteiger partial charge in [-0.3, -0.25) is 0 Å². The molecule has 3 nitrogen and oxygen atoms in total. The van der Waals surface area contributed by atoms with E-state index in [-0.39, 0.29) is 5.92 Å². The van der Waals surface area contributed by atoms with E-state index < -0.39 is 0 Å². The summed E-state index contributed by atoms with van der Waals surface area (Å²) in [6.45, 7) is 7.50. The molecule has 0 fully saturated rings. The quantitative estimate of drug-likeness (QED) is 0.358. The number of nitrogens with zero attached hydrogens (tertiary/aromatic N) is 2. The molecule has 0 bridgehead atoms. The molecule has 3 aromatic carbocycles. The van der Waals surface area contributed by atoms with Crippen molar-refractivity contribution < 1.29 is 4.74 Å². The Morgan fingerprint density at radius 1 is 0.867 bits per heavy atom. The minimum atomic E-state index is 0.195. The van der Waals surface area contributed by atoms with E-state index in [4.69, 9.17) is 9.72 Å². The lowest BCUT2D eigenvalue weighted by Crippen LogP contribution is -2.10. The van der Waals surface area contributed by atoms with Gasteiger partial charge in [0.1, 0.15) is 11.6 Å². The van der Waals surface area contributed by atoms with Gasteiger partial charge >= 0.3 is 0 Å². The standard InChI is InChI=1S/C27H30N2O/c1-19(2)17-21-13-15-22(16-14-21)20(3)27-28-24-10-6-7-11-25(24)29(27)18-23-9-5-8-12-26(23)30-4/h5-16,19-20H,17-18H2,1-4H3/t20-/m1/s1. The normalized spacial score (nSPS) is 12.4. The average molecular weight is 399 g/mol. The van der Waals surface area contributed by atoms with Gasteiger partial charge in [-0.1, -0.05) is 75.4 Å². The van der Waals surface area contributed by atoms with Crippen LogP contribution in [0.2, 0.25) is 0 Å². The molecular formula is C27H30N2O. The van der Waals surface area contributed by atoms with Gasteiger partial charge in [0.15, 0.2) is 0 Å². The molecule has 4 aromatic rings. The van der Waals surface area contributed by atoms with Crippen molar-refractivity contribution in [3.63, 3.8) is 0 Å². The molecule has 154 valence electrons. The molecule has 0 unspecified atom stereocenters. The predicted molar refractivity (Wildman–Crippen MR) is 124 cm³/mol. The highest BCUT2D eigenvalue weighted by Crippen LogP contribution is 2.30. The summed E-state index contributed by atoms with van der Waals surface area (Å²) >= 11 is 0. The van der Waals surface area contributed by atoms with Crippen LogP contribution in [0, 0.1) is 5.92 Å². The van der Waals surface area contributed by atoms with Crippen LogP contribution in [0.5, 0.6) is 5.75 Å². The number of benzene rings is 3. The Morgan fingerprint density at radius 2 is 1.57 bits per heavy atom. The smallest absolute Gasteiger partial charge is 0.123 e. The Balaban J connectivity index is 1.74. The van der Waals surface area contributed by atoms with Gasteiger partial charge in [0, 0.05) is 11.5 Å². The molecule has 0 aliphatic carbocycles. The van der Waals surface area contributed by atoms with Gasteiger partial charge in [0.25, 0.3) is 0 Å². The van der Waals surface area contributed by atoms with Crippen molar-refractivity contribution in [3.05, 3.63) is 95.3 Å². The lowest BCUT2D eigenvalue weighted by molar-refractivity contribution is 0.408. The maximum absolute atomic E-state index is 5.60. The van der Waals surface area contributed by atoms with Gasteiger partial charge in [-0.2, -0.15) is 0 Å². The number of hydrogen-bond donors (Lipinski definition) is 0. The van der Waals surface area contributed by atoms with Crippen LogP contribution in [-0.2, 0) is 13.0 Å². The number of imidazole rings is 1. The van der Waals surface area contributed by atoms with Gasteiger partial charge in [0.2, 0.25) is 0 Å². The lowest BCUT2D eigenvalue weighted by Gasteiger charge is -2.17. The van der Waals surface area contributed by atoms with Crippen LogP contribution in [0.1, 0.15) is 49.2 Å². The molecule has 0 N–H and O–H groups in total. The van der Waals surface area contributed by atoms with Crippen molar-refractivity contribution in [1.82, 2.24) is 9.55 Å². The first-order valence-electron chi connectivity index (χ1n) is 10.7. The zero-order valence-electron chi connectivity index (χ0n) is 18.3. The lowest BCUT2D eigenvalue weighted by atomic mass is 9.96. The number of para-hydroxylation sites is 3. The third-order valence-corrected chi connectivity index (χ3v) is 5.72. The molecule has 0 amide bonds. The van der Waals surface area contributed by atoms with Crippen LogP contribution in [0.25, 0.3) is 11.0 Å². The van der Waals surface area contributed by atoms with E-state index in [1.165, 1.54) is 11.1 Å². The molecule has 0 saturated heterocycles. The number of hydrogen-bond acceptors (Lipinski definition) is 2. The third-order valence-electron chi connectivity index (χ3n) is 5.72. The second-order valence-corrected chi connectivity index (χ2v) is 8.42. The molecule has 3 heteroatoms. The Kier molecular flexibility index (Phi) is 5.89. The Hall–Kier alpha value is -3.07. The van der Waals surface area contributed by atoms with Gasteiger partial charge in [-0.25, -0.2) is 4.98 Å². The highest BCUT2D eigenvalue weighted by Gasteiger charge is 2.19. The summed E-state index contributed by atoms with van der Waals surface area (Å²) < 4.78 is 7.94. The first-order valence-corrected chi connectivity index (χ1v) is 10.7. The van der Waals surface area contributed by atoms with Crippen molar-refractivity contribution in [2.24, 2.45) is 5.92 Å². The van der Waals surface area contributed by atoms with Crippen LogP contribution in [0.4, 0.5) is 0 Å². The van der Waals surface area contributed by atoms with Crippen molar-refractivity contribution in [1.29, 1.82) is 0 Å². The Bertz CT molecular complexity index is 1130. The van der Waals surface area contributed by atoms with E-state index in [2.05, 4.69) is 86.0 Å². The zero-order valence-corrected chi connectivity index (χ0v) is 18.3. The van der Waals surface area contributed by atoms with Gasteiger partial charge in [0.05, 0.1) is 24.7 Å². The molecule has 1 heterocycles. The van der Waals surface area contributed by atoms with E-state index in [1.807, 2.05) is 12.1 Å². The number of rotatable bonds is 7. The molecule has 0 aliphatic rings. The van der Waals surface area contributed by atoms with Crippen molar-refractivity contribution >= 4 is 11.0 Å². The van der Waals surface area contributed by atoms with Crippen LogP contribution in [0.15, 0.2) is 72.8 Å². The molecule has 1 atom stereocenters. The summed E-state index contributed by atoms with van der Waals surface area (Å²) in [6, 6.07) is 25.6. The minimum Gasteiger partial charge on any atom is -0.496 e. The summed E-state index contributed by atoms with van der Waals surface area (Å²) in [5, 5.41) is 0. The first-order chi connectivity index (χ1) is 14.6. The maximum atomic E-state index is 5.60. The summed E-state index contributed by atoms with van der Waals surface area (Å²) in [6.07, 6.45) is 1.11. The van der Waals surface area contributed by atoms with E-state index in [1.54, 1.807) is 7.11 Å². The van der Waals surface area contributed by atoms with Gasteiger partial charge in [-0.15, -0.1) is 0 Å². The molecule has 0 saturated carbocycles. The molecule has 4 rings (SSSR count). The predicted octanol–water partition coefficient (Wildman–Crippen LogP) is 6.44. The fraction of sp³-hybridized carbons (Fsp3) is 0.296. The molecule has 0 spiro atoms. The molecule has 0 aliphatic heterocycles. The largest absolute Gasteiger partial charge is 0.496 e. The third kappa shape index (κ3) is 4.11. The fourth-order valence-electron chi connectivity index (χ4n) is 4.16. The monoisotopic (exact) mass is 398 g/mol. The minimum absolute atomic E-state index is 0.195. The van der Waals surface area contributed by atoms with Crippen molar-refractivity contribution in [3.8, 4) is 5.75 Å². The zero-order chi connectivity index (χ0) is 21.1. The van der Waals surface area contributed by atoms with E-state index in [0.717, 1.165) is 41.1 Å². The second-order valence-electron chi connectivity index (χ2n) is 8.42. The Labute approximate surface area is 179 Å². The van der Waals surface area contributed by atoms with Crippen LogP contribution < -0.4 is 4.74 Å². The fourth-order valence-corrected chi connectivity index (χ4v) is 4.16. The Morgan fingerprint density at radius 3 is 2.30 bits per heavy atom. The molecule has 1 aromatic heterocycles. The van der Waals surface area contributed by atoms with Gasteiger partial charge in [-0.05, 0) is 41.7 Å². The van der Waals surface area contributed by atoms with Crippen LogP contribution in [-0.4, -0.2) is 16.7 Å². The second kappa shape index (κ2) is 8.74. The summed E-state index contributed by atoms with van der Waals surface area (Å²) in [4.78, 5) is 5.03. The first kappa shape index (κ1) is 20.2. The highest BCUT2D eigenvalue weighted by atomic mass is 16.5.